The van der Waals surface area contributed by atoms with E-state index in [0.29, 0.717) is 13.2 Å². The molecule has 1 aliphatic heterocycles. The Labute approximate surface area is 162 Å². The van der Waals surface area contributed by atoms with Gasteiger partial charge < -0.3 is 14.6 Å². The molecule has 0 aromatic heterocycles. The van der Waals surface area contributed by atoms with Crippen molar-refractivity contribution in [2.75, 3.05) is 32.9 Å². The lowest BCUT2D eigenvalue weighted by Crippen LogP contribution is -2.35. The molecule has 1 unspecified atom stereocenters. The number of hydrogen-bond acceptors (Lipinski definition) is 4. The van der Waals surface area contributed by atoms with Crippen molar-refractivity contribution >= 4 is 0 Å². The number of rotatable bonds is 10. The van der Waals surface area contributed by atoms with Gasteiger partial charge in [-0.1, -0.05) is 36.8 Å². The van der Waals surface area contributed by atoms with E-state index in [1.807, 2.05) is 42.5 Å². The first-order valence-electron chi connectivity index (χ1n) is 10.1. The van der Waals surface area contributed by atoms with Crippen LogP contribution in [0.25, 0.3) is 0 Å². The van der Waals surface area contributed by atoms with Gasteiger partial charge in [-0.2, -0.15) is 0 Å². The van der Waals surface area contributed by atoms with E-state index in [0.717, 1.165) is 43.0 Å². The summed E-state index contributed by atoms with van der Waals surface area (Å²) in [4.78, 5) is 2.39. The number of aliphatic hydroxyl groups excluding tert-OH is 1. The van der Waals surface area contributed by atoms with Gasteiger partial charge in [0, 0.05) is 0 Å². The van der Waals surface area contributed by atoms with Gasteiger partial charge >= 0.3 is 0 Å². The van der Waals surface area contributed by atoms with E-state index in [9.17, 15) is 5.11 Å². The zero-order valence-corrected chi connectivity index (χ0v) is 16.1. The third kappa shape index (κ3) is 6.26. The standard InChI is InChI=1S/C23H31NO3/c25-19-23(24-14-5-2-6-15-24)20-10-9-13-22(18-20)27-17-8-7-16-26-21-11-3-1-4-12-21/h1,3-4,9-13,18,23,25H,2,5-8,14-17,19H2. The molecule has 0 aliphatic carbocycles. The number of unbranched alkanes of at least 4 members (excludes halogenated alkanes) is 1. The Balaban J connectivity index is 1.42. The molecule has 27 heavy (non-hydrogen) atoms. The van der Waals surface area contributed by atoms with Crippen LogP contribution in [0, 0.1) is 0 Å². The minimum Gasteiger partial charge on any atom is -0.494 e. The highest BCUT2D eigenvalue weighted by molar-refractivity contribution is 5.31. The summed E-state index contributed by atoms with van der Waals surface area (Å²) in [5.74, 6) is 1.80. The fourth-order valence-corrected chi connectivity index (χ4v) is 3.57. The van der Waals surface area contributed by atoms with Crippen molar-refractivity contribution in [2.24, 2.45) is 0 Å². The van der Waals surface area contributed by atoms with Crippen LogP contribution < -0.4 is 9.47 Å². The monoisotopic (exact) mass is 369 g/mol. The van der Waals surface area contributed by atoms with Gasteiger partial charge in [-0.05, 0) is 68.6 Å². The average molecular weight is 370 g/mol. The van der Waals surface area contributed by atoms with E-state index in [1.165, 1.54) is 19.3 Å². The molecule has 1 atom stereocenters. The van der Waals surface area contributed by atoms with Crippen molar-refractivity contribution in [2.45, 2.75) is 38.1 Å². The molecule has 1 aliphatic rings. The molecule has 146 valence electrons. The highest BCUT2D eigenvalue weighted by Gasteiger charge is 2.21. The van der Waals surface area contributed by atoms with Gasteiger partial charge in [-0.3, -0.25) is 4.90 Å². The van der Waals surface area contributed by atoms with Gasteiger partial charge in [0.05, 0.1) is 25.9 Å². The van der Waals surface area contributed by atoms with Gasteiger partial charge in [0.1, 0.15) is 11.5 Å². The summed E-state index contributed by atoms with van der Waals surface area (Å²) in [6, 6.07) is 18.2. The predicted molar refractivity (Wildman–Crippen MR) is 108 cm³/mol. The zero-order chi connectivity index (χ0) is 18.7. The fourth-order valence-electron chi connectivity index (χ4n) is 3.57. The summed E-state index contributed by atoms with van der Waals surface area (Å²) in [6.07, 6.45) is 5.65. The molecule has 0 radical (unpaired) electrons. The molecule has 3 rings (SSSR count). The first-order chi connectivity index (χ1) is 13.4. The molecule has 4 heteroatoms. The Kier molecular flexibility index (Phi) is 8.00. The van der Waals surface area contributed by atoms with Crippen molar-refractivity contribution in [3.8, 4) is 11.5 Å². The SMILES string of the molecule is OCC(c1cccc(OCCCCOc2ccccc2)c1)N1CCCCC1. The Bertz CT molecular complexity index is 656. The summed E-state index contributed by atoms with van der Waals surface area (Å²) in [5.41, 5.74) is 1.14. The molecular formula is C23H31NO3. The van der Waals surface area contributed by atoms with E-state index in [-0.39, 0.29) is 12.6 Å². The van der Waals surface area contributed by atoms with Gasteiger partial charge in [-0.25, -0.2) is 0 Å². The minimum atomic E-state index is 0.0770. The molecule has 2 aromatic carbocycles. The number of hydrogen-bond donors (Lipinski definition) is 1. The quantitative estimate of drug-likeness (QED) is 0.629. The highest BCUT2D eigenvalue weighted by Crippen LogP contribution is 2.27. The van der Waals surface area contributed by atoms with Crippen LogP contribution in [0.4, 0.5) is 0 Å². The Morgan fingerprint density at radius 3 is 2.19 bits per heavy atom. The Morgan fingerprint density at radius 2 is 1.48 bits per heavy atom. The van der Waals surface area contributed by atoms with Crippen molar-refractivity contribution in [1.82, 2.24) is 4.90 Å². The number of benzene rings is 2. The van der Waals surface area contributed by atoms with Gasteiger partial charge in [0.15, 0.2) is 0 Å². The number of para-hydroxylation sites is 1. The second-order valence-corrected chi connectivity index (χ2v) is 7.08. The Hall–Kier alpha value is -2.04. The van der Waals surface area contributed by atoms with Crippen LogP contribution in [0.1, 0.15) is 43.7 Å². The largest absolute Gasteiger partial charge is 0.494 e. The maximum absolute atomic E-state index is 9.89. The van der Waals surface area contributed by atoms with Gasteiger partial charge in [-0.15, -0.1) is 0 Å². The third-order valence-electron chi connectivity index (χ3n) is 5.07. The maximum atomic E-state index is 9.89. The van der Waals surface area contributed by atoms with Crippen LogP contribution in [0.5, 0.6) is 11.5 Å². The first kappa shape index (κ1) is 19.7. The summed E-state index contributed by atoms with van der Waals surface area (Å²) in [5, 5.41) is 9.89. The minimum absolute atomic E-state index is 0.0770. The maximum Gasteiger partial charge on any atom is 0.119 e. The van der Waals surface area contributed by atoms with Crippen molar-refractivity contribution < 1.29 is 14.6 Å². The molecule has 2 aromatic rings. The van der Waals surface area contributed by atoms with E-state index in [4.69, 9.17) is 9.47 Å². The van der Waals surface area contributed by atoms with Crippen LogP contribution in [0.3, 0.4) is 0 Å². The number of ether oxygens (including phenoxy) is 2. The topological polar surface area (TPSA) is 41.9 Å². The molecule has 1 saturated heterocycles. The lowest BCUT2D eigenvalue weighted by atomic mass is 10.0. The van der Waals surface area contributed by atoms with Crippen LogP contribution in [0.2, 0.25) is 0 Å². The van der Waals surface area contributed by atoms with E-state index in [2.05, 4.69) is 17.0 Å². The normalized spacial score (nSPS) is 16.0. The van der Waals surface area contributed by atoms with E-state index in [1.54, 1.807) is 0 Å². The second kappa shape index (κ2) is 11.0. The molecule has 1 N–H and O–H groups in total. The first-order valence-corrected chi connectivity index (χ1v) is 10.1. The summed E-state index contributed by atoms with van der Waals surface area (Å²) in [7, 11) is 0. The van der Waals surface area contributed by atoms with Gasteiger partial charge in [0.25, 0.3) is 0 Å². The summed E-state index contributed by atoms with van der Waals surface area (Å²) >= 11 is 0. The fraction of sp³-hybridized carbons (Fsp3) is 0.478. The van der Waals surface area contributed by atoms with Crippen LogP contribution in [-0.2, 0) is 0 Å². The third-order valence-corrected chi connectivity index (χ3v) is 5.07. The molecule has 1 fully saturated rings. The number of piperidine rings is 1. The predicted octanol–water partition coefficient (Wildman–Crippen LogP) is 4.44. The molecule has 4 nitrogen and oxygen atoms in total. The van der Waals surface area contributed by atoms with E-state index < -0.39 is 0 Å². The van der Waals surface area contributed by atoms with Crippen LogP contribution in [0.15, 0.2) is 54.6 Å². The van der Waals surface area contributed by atoms with Crippen molar-refractivity contribution in [3.05, 3.63) is 60.2 Å². The van der Waals surface area contributed by atoms with Crippen molar-refractivity contribution in [1.29, 1.82) is 0 Å². The lowest BCUT2D eigenvalue weighted by Gasteiger charge is -2.33. The molecular weight excluding hydrogens is 338 g/mol. The van der Waals surface area contributed by atoms with Gasteiger partial charge in [0.2, 0.25) is 0 Å². The number of nitrogens with zero attached hydrogens (tertiary/aromatic N) is 1. The van der Waals surface area contributed by atoms with E-state index >= 15 is 0 Å². The summed E-state index contributed by atoms with van der Waals surface area (Å²) in [6.45, 7) is 3.67. The van der Waals surface area contributed by atoms with Crippen LogP contribution >= 0.6 is 0 Å². The Morgan fingerprint density at radius 1 is 0.815 bits per heavy atom. The number of aliphatic hydroxyl groups is 1. The highest BCUT2D eigenvalue weighted by atomic mass is 16.5. The lowest BCUT2D eigenvalue weighted by molar-refractivity contribution is 0.104. The molecule has 0 spiro atoms. The van der Waals surface area contributed by atoms with Crippen molar-refractivity contribution in [3.63, 3.8) is 0 Å². The zero-order valence-electron chi connectivity index (χ0n) is 16.1. The molecule has 0 bridgehead atoms. The average Bonchev–Trinajstić information content (AvgIpc) is 2.73. The number of likely N-dealkylation sites (tertiary alicyclic amines) is 1. The molecule has 0 saturated carbocycles. The second-order valence-electron chi connectivity index (χ2n) is 7.08. The van der Waals surface area contributed by atoms with Crippen LogP contribution in [-0.4, -0.2) is 42.9 Å². The molecule has 0 amide bonds. The smallest absolute Gasteiger partial charge is 0.119 e. The summed E-state index contributed by atoms with van der Waals surface area (Å²) < 4.78 is 11.6. The molecule has 1 heterocycles.